The van der Waals surface area contributed by atoms with Gasteiger partial charge in [0, 0.05) is 16.5 Å². The summed E-state index contributed by atoms with van der Waals surface area (Å²) in [7, 11) is 0.446. The summed E-state index contributed by atoms with van der Waals surface area (Å²) >= 11 is 0. The van der Waals surface area contributed by atoms with Gasteiger partial charge in [0.05, 0.1) is 22.2 Å². The van der Waals surface area contributed by atoms with Gasteiger partial charge in [-0.05, 0) is 52.0 Å². The summed E-state index contributed by atoms with van der Waals surface area (Å²) in [5.41, 5.74) is 3.02. The van der Waals surface area contributed by atoms with Gasteiger partial charge in [0.25, 0.3) is 0 Å². The maximum atomic E-state index is 10.3. The Morgan fingerprint density at radius 1 is 0.786 bits per heavy atom. The minimum Gasteiger partial charge on any atom is -0.427 e. The lowest BCUT2D eigenvalue weighted by atomic mass is 9.82. The van der Waals surface area contributed by atoms with Crippen LogP contribution in [0.15, 0.2) is 72.8 Å². The van der Waals surface area contributed by atoms with Crippen LogP contribution in [0, 0.1) is 0 Å². The molecule has 0 saturated heterocycles. The van der Waals surface area contributed by atoms with E-state index in [0.29, 0.717) is 7.48 Å². The van der Waals surface area contributed by atoms with Gasteiger partial charge in [0.1, 0.15) is 0 Å². The average Bonchev–Trinajstić information content (AvgIpc) is 3.00. The SMILES string of the molecule is CC(C)(O)C(C)(C)OBc1cccc(-n2c3ccccc3c3ccccc32)c1. The first-order valence-corrected chi connectivity index (χ1v) is 9.72. The number of aliphatic hydroxyl groups is 1. The van der Waals surface area contributed by atoms with Gasteiger partial charge in [-0.25, -0.2) is 0 Å². The maximum absolute atomic E-state index is 10.3. The number of hydrogen-bond donors (Lipinski definition) is 1. The van der Waals surface area contributed by atoms with E-state index in [0.717, 1.165) is 11.2 Å². The second kappa shape index (κ2) is 6.80. The molecule has 3 nitrogen and oxygen atoms in total. The van der Waals surface area contributed by atoms with Crippen molar-refractivity contribution in [1.29, 1.82) is 0 Å². The van der Waals surface area contributed by atoms with Crippen LogP contribution >= 0.6 is 0 Å². The fourth-order valence-corrected chi connectivity index (χ4v) is 3.43. The molecule has 28 heavy (non-hydrogen) atoms. The second-order valence-corrected chi connectivity index (χ2v) is 8.40. The predicted octanol–water partition coefficient (Wildman–Crippen LogP) is 4.33. The Morgan fingerprint density at radius 3 is 1.93 bits per heavy atom. The quantitative estimate of drug-likeness (QED) is 0.530. The van der Waals surface area contributed by atoms with E-state index in [2.05, 4.69) is 77.4 Å². The molecule has 1 heterocycles. The second-order valence-electron chi connectivity index (χ2n) is 8.40. The Morgan fingerprint density at radius 2 is 1.36 bits per heavy atom. The fraction of sp³-hybridized carbons (Fsp3) is 0.250. The third-order valence-electron chi connectivity index (χ3n) is 5.82. The third kappa shape index (κ3) is 3.23. The van der Waals surface area contributed by atoms with Gasteiger partial charge in [-0.1, -0.05) is 54.0 Å². The molecule has 4 rings (SSSR count). The molecule has 0 saturated carbocycles. The molecule has 3 aromatic carbocycles. The van der Waals surface area contributed by atoms with Crippen LogP contribution in [-0.4, -0.2) is 28.4 Å². The summed E-state index contributed by atoms with van der Waals surface area (Å²) in [6.07, 6.45) is 0. The molecule has 142 valence electrons. The van der Waals surface area contributed by atoms with E-state index in [4.69, 9.17) is 4.65 Å². The molecule has 0 atom stereocenters. The van der Waals surface area contributed by atoms with Crippen LogP contribution in [0.5, 0.6) is 0 Å². The van der Waals surface area contributed by atoms with Crippen LogP contribution in [0.4, 0.5) is 0 Å². The maximum Gasteiger partial charge on any atom is 0.309 e. The summed E-state index contributed by atoms with van der Waals surface area (Å²) in [6.45, 7) is 7.40. The normalized spacial score (nSPS) is 12.6. The Kier molecular flexibility index (Phi) is 4.57. The van der Waals surface area contributed by atoms with E-state index in [9.17, 15) is 5.11 Å². The van der Waals surface area contributed by atoms with E-state index < -0.39 is 11.2 Å². The highest BCUT2D eigenvalue weighted by molar-refractivity contribution is 6.47. The number of nitrogens with zero attached hydrogens (tertiary/aromatic N) is 1. The predicted molar refractivity (Wildman–Crippen MR) is 119 cm³/mol. The van der Waals surface area contributed by atoms with Crippen molar-refractivity contribution in [3.05, 3.63) is 72.8 Å². The third-order valence-corrected chi connectivity index (χ3v) is 5.82. The molecule has 0 aliphatic carbocycles. The lowest BCUT2D eigenvalue weighted by Crippen LogP contribution is -2.49. The van der Waals surface area contributed by atoms with E-state index in [1.54, 1.807) is 13.8 Å². The van der Waals surface area contributed by atoms with Crippen molar-refractivity contribution in [1.82, 2.24) is 4.57 Å². The first-order chi connectivity index (χ1) is 13.3. The van der Waals surface area contributed by atoms with Crippen LogP contribution in [0.1, 0.15) is 27.7 Å². The highest BCUT2D eigenvalue weighted by atomic mass is 16.5. The number of benzene rings is 3. The van der Waals surface area contributed by atoms with Crippen LogP contribution in [0.3, 0.4) is 0 Å². The van der Waals surface area contributed by atoms with Crippen molar-refractivity contribution in [3.63, 3.8) is 0 Å². The lowest BCUT2D eigenvalue weighted by Gasteiger charge is -2.37. The molecule has 0 spiro atoms. The number of fused-ring (bicyclic) bond motifs is 3. The van der Waals surface area contributed by atoms with Crippen molar-refractivity contribution >= 4 is 34.8 Å². The fourth-order valence-electron chi connectivity index (χ4n) is 3.43. The van der Waals surface area contributed by atoms with Gasteiger partial charge in [-0.2, -0.15) is 0 Å². The molecular formula is C24H26BNO2. The molecule has 0 fully saturated rings. The smallest absolute Gasteiger partial charge is 0.309 e. The monoisotopic (exact) mass is 371 g/mol. The first-order valence-electron chi connectivity index (χ1n) is 9.72. The number of hydrogen-bond acceptors (Lipinski definition) is 2. The first kappa shape index (κ1) is 18.8. The number of para-hydroxylation sites is 2. The summed E-state index contributed by atoms with van der Waals surface area (Å²) in [5, 5.41) is 12.8. The minimum atomic E-state index is -0.919. The summed E-state index contributed by atoms with van der Waals surface area (Å²) < 4.78 is 8.37. The highest BCUT2D eigenvalue weighted by Gasteiger charge is 2.35. The standard InChI is InChI=1S/C24H26BNO2/c1-23(2,27)24(3,4)28-25-17-10-9-11-18(16-17)26-21-14-7-5-12-19(21)20-13-6-8-15-22(20)26/h5-16,25,27H,1-4H3. The molecule has 0 aliphatic rings. The molecule has 1 aromatic heterocycles. The molecule has 4 aromatic rings. The molecule has 0 unspecified atom stereocenters. The molecule has 0 radical (unpaired) electrons. The van der Waals surface area contributed by atoms with Gasteiger partial charge in [-0.3, -0.25) is 0 Å². The summed E-state index contributed by atoms with van der Waals surface area (Å²) in [4.78, 5) is 0. The van der Waals surface area contributed by atoms with Gasteiger partial charge >= 0.3 is 7.48 Å². The van der Waals surface area contributed by atoms with Crippen molar-refractivity contribution in [2.75, 3.05) is 0 Å². The molecule has 0 amide bonds. The molecule has 1 N–H and O–H groups in total. The Hall–Kier alpha value is -2.56. The van der Waals surface area contributed by atoms with Crippen LogP contribution < -0.4 is 5.46 Å². The average molecular weight is 371 g/mol. The summed E-state index contributed by atoms with van der Waals surface area (Å²) in [5.74, 6) is 0. The molecular weight excluding hydrogens is 345 g/mol. The van der Waals surface area contributed by atoms with Gasteiger partial charge in [0.15, 0.2) is 0 Å². The van der Waals surface area contributed by atoms with Crippen molar-refractivity contribution in [2.24, 2.45) is 0 Å². The molecule has 4 heteroatoms. The van der Waals surface area contributed by atoms with Gasteiger partial charge in [-0.15, -0.1) is 0 Å². The van der Waals surface area contributed by atoms with Crippen molar-refractivity contribution < 1.29 is 9.76 Å². The minimum absolute atomic E-state index is 0.446. The Balaban J connectivity index is 1.76. The number of rotatable bonds is 5. The molecule has 0 bridgehead atoms. The van der Waals surface area contributed by atoms with E-state index >= 15 is 0 Å². The topological polar surface area (TPSA) is 34.4 Å². The van der Waals surface area contributed by atoms with Gasteiger partial charge in [0.2, 0.25) is 0 Å². The lowest BCUT2D eigenvalue weighted by molar-refractivity contribution is -0.0893. The zero-order valence-electron chi connectivity index (χ0n) is 16.9. The highest BCUT2D eigenvalue weighted by Crippen LogP contribution is 2.31. The van der Waals surface area contributed by atoms with Crippen LogP contribution in [0.2, 0.25) is 0 Å². The Bertz CT molecular complexity index is 1080. The number of aromatic nitrogens is 1. The van der Waals surface area contributed by atoms with E-state index in [-0.39, 0.29) is 0 Å². The zero-order chi connectivity index (χ0) is 19.9. The van der Waals surface area contributed by atoms with Crippen LogP contribution in [-0.2, 0) is 4.65 Å². The van der Waals surface area contributed by atoms with Crippen LogP contribution in [0.25, 0.3) is 27.5 Å². The zero-order valence-corrected chi connectivity index (χ0v) is 16.9. The molecule has 0 aliphatic heterocycles. The van der Waals surface area contributed by atoms with Gasteiger partial charge < -0.3 is 14.3 Å². The Labute approximate surface area is 166 Å². The van der Waals surface area contributed by atoms with Crippen molar-refractivity contribution in [3.8, 4) is 5.69 Å². The van der Waals surface area contributed by atoms with E-state index in [1.807, 2.05) is 13.8 Å². The largest absolute Gasteiger partial charge is 0.427 e. The van der Waals surface area contributed by atoms with Crippen molar-refractivity contribution in [2.45, 2.75) is 38.9 Å². The summed E-state index contributed by atoms with van der Waals surface area (Å²) in [6, 6.07) is 25.4. The van der Waals surface area contributed by atoms with E-state index in [1.165, 1.54) is 21.8 Å².